The number of carbonyl (C=O) groups excluding carboxylic acids is 2. The summed E-state index contributed by atoms with van der Waals surface area (Å²) in [4.78, 5) is 25.2. The molecule has 1 aromatic heterocycles. The first-order valence-electron chi connectivity index (χ1n) is 11.4. The van der Waals surface area contributed by atoms with Crippen molar-refractivity contribution in [2.45, 2.75) is 45.5 Å². The molecular weight excluding hydrogens is 485 g/mol. The number of nitrogens with one attached hydrogen (secondary N) is 1. The van der Waals surface area contributed by atoms with Crippen LogP contribution in [0.5, 0.6) is 5.75 Å². The van der Waals surface area contributed by atoms with Crippen LogP contribution in [0.3, 0.4) is 0 Å². The van der Waals surface area contributed by atoms with Crippen molar-refractivity contribution in [3.8, 4) is 5.75 Å². The predicted octanol–water partition coefficient (Wildman–Crippen LogP) is 6.34. The fourth-order valence-electron chi connectivity index (χ4n) is 3.23. The molecule has 3 atom stereocenters. The van der Waals surface area contributed by atoms with Crippen LogP contribution in [-0.2, 0) is 25.0 Å². The molecule has 0 bridgehead atoms. The molecule has 0 aliphatic rings. The third-order valence-electron chi connectivity index (χ3n) is 5.14. The van der Waals surface area contributed by atoms with Gasteiger partial charge in [-0.2, -0.15) is 0 Å². The highest BCUT2D eigenvalue weighted by Gasteiger charge is 2.31. The molecule has 0 spiro atoms. The van der Waals surface area contributed by atoms with E-state index in [0.29, 0.717) is 17.0 Å². The van der Waals surface area contributed by atoms with Crippen LogP contribution >= 0.6 is 18.9 Å². The molecule has 3 rings (SSSR count). The SMILES string of the molecule is C=CCOC(=O)c1cc2cc(CP(=O)(N[C@@H](C)C(=O)O[C@H](C)CC)Oc3ccccc3)ccc2s1. The Morgan fingerprint density at radius 3 is 2.57 bits per heavy atom. The van der Waals surface area contributed by atoms with Crippen molar-refractivity contribution in [2.24, 2.45) is 0 Å². The number of hydrogen-bond acceptors (Lipinski definition) is 7. The number of rotatable bonds is 12. The molecule has 0 aliphatic carbocycles. The van der Waals surface area contributed by atoms with Crippen LogP contribution in [-0.4, -0.2) is 30.7 Å². The molecule has 0 radical (unpaired) electrons. The van der Waals surface area contributed by atoms with Gasteiger partial charge in [-0.25, -0.2) is 9.88 Å². The van der Waals surface area contributed by atoms with Crippen molar-refractivity contribution >= 4 is 40.9 Å². The van der Waals surface area contributed by atoms with Gasteiger partial charge in [0.15, 0.2) is 0 Å². The fourth-order valence-corrected chi connectivity index (χ4v) is 6.21. The van der Waals surface area contributed by atoms with Crippen molar-refractivity contribution in [3.05, 3.63) is 77.7 Å². The van der Waals surface area contributed by atoms with Crippen molar-refractivity contribution < 1.29 is 28.2 Å². The first-order valence-corrected chi connectivity index (χ1v) is 14.0. The van der Waals surface area contributed by atoms with Crippen molar-refractivity contribution in [1.82, 2.24) is 5.09 Å². The molecule has 0 saturated carbocycles. The lowest BCUT2D eigenvalue weighted by Crippen LogP contribution is -2.36. The topological polar surface area (TPSA) is 90.9 Å². The van der Waals surface area contributed by atoms with Gasteiger partial charge in [-0.05, 0) is 61.5 Å². The average molecular weight is 516 g/mol. The van der Waals surface area contributed by atoms with Crippen LogP contribution in [0.4, 0.5) is 0 Å². The summed E-state index contributed by atoms with van der Waals surface area (Å²) in [5.41, 5.74) is 0.732. The molecular formula is C26H30NO6PS. The number of thiophene rings is 1. The summed E-state index contributed by atoms with van der Waals surface area (Å²) in [5.74, 6) is -0.483. The van der Waals surface area contributed by atoms with Crippen LogP contribution in [0.15, 0.2) is 67.3 Å². The minimum atomic E-state index is -3.58. The Bertz CT molecular complexity index is 1230. The highest BCUT2D eigenvalue weighted by Crippen LogP contribution is 2.47. The summed E-state index contributed by atoms with van der Waals surface area (Å²) >= 11 is 1.32. The molecule has 35 heavy (non-hydrogen) atoms. The van der Waals surface area contributed by atoms with E-state index in [2.05, 4.69) is 11.7 Å². The number of ether oxygens (including phenoxy) is 2. The van der Waals surface area contributed by atoms with Gasteiger partial charge < -0.3 is 14.0 Å². The summed E-state index contributed by atoms with van der Waals surface area (Å²) in [6.07, 6.45) is 1.99. The van der Waals surface area contributed by atoms with E-state index in [-0.39, 0.29) is 18.9 Å². The Morgan fingerprint density at radius 1 is 1.14 bits per heavy atom. The molecule has 0 saturated heterocycles. The second kappa shape index (κ2) is 12.2. The average Bonchev–Trinajstić information content (AvgIpc) is 3.26. The van der Waals surface area contributed by atoms with Gasteiger partial charge in [-0.1, -0.05) is 43.8 Å². The molecule has 2 aromatic carbocycles. The maximum atomic E-state index is 14.0. The number of hydrogen-bond donors (Lipinski definition) is 1. The van der Waals surface area contributed by atoms with Gasteiger partial charge in [0.2, 0.25) is 0 Å². The second-order valence-electron chi connectivity index (χ2n) is 8.11. The molecule has 0 aliphatic heterocycles. The van der Waals surface area contributed by atoms with Crippen LogP contribution in [0.25, 0.3) is 10.1 Å². The lowest BCUT2D eigenvalue weighted by atomic mass is 10.2. The van der Waals surface area contributed by atoms with E-state index in [1.54, 1.807) is 37.3 Å². The smallest absolute Gasteiger partial charge is 0.348 e. The molecule has 0 fully saturated rings. The maximum absolute atomic E-state index is 14.0. The van der Waals surface area contributed by atoms with E-state index >= 15 is 0 Å². The molecule has 7 nitrogen and oxygen atoms in total. The van der Waals surface area contributed by atoms with Crippen LogP contribution < -0.4 is 9.61 Å². The normalized spacial score (nSPS) is 14.5. The minimum absolute atomic E-state index is 0.0326. The van der Waals surface area contributed by atoms with E-state index in [4.69, 9.17) is 14.0 Å². The van der Waals surface area contributed by atoms with Crippen LogP contribution in [0.2, 0.25) is 0 Å². The molecule has 9 heteroatoms. The van der Waals surface area contributed by atoms with E-state index in [9.17, 15) is 14.2 Å². The lowest BCUT2D eigenvalue weighted by molar-refractivity contribution is -0.149. The molecule has 1 heterocycles. The van der Waals surface area contributed by atoms with Crippen molar-refractivity contribution in [1.29, 1.82) is 0 Å². The molecule has 186 valence electrons. The number of fused-ring (bicyclic) bond motifs is 1. The number of para-hydroxylation sites is 1. The zero-order chi connectivity index (χ0) is 25.4. The lowest BCUT2D eigenvalue weighted by Gasteiger charge is -2.24. The van der Waals surface area contributed by atoms with E-state index in [1.807, 2.05) is 38.1 Å². The third kappa shape index (κ3) is 7.52. The maximum Gasteiger partial charge on any atom is 0.348 e. The minimum Gasteiger partial charge on any atom is -0.462 e. The van der Waals surface area contributed by atoms with Crippen molar-refractivity contribution in [2.75, 3.05) is 6.61 Å². The monoisotopic (exact) mass is 515 g/mol. The summed E-state index contributed by atoms with van der Waals surface area (Å²) in [6.45, 7) is 9.02. The van der Waals surface area contributed by atoms with Crippen LogP contribution in [0, 0.1) is 0 Å². The third-order valence-corrected chi connectivity index (χ3v) is 8.30. The Kier molecular flexibility index (Phi) is 9.26. The number of esters is 2. The highest BCUT2D eigenvalue weighted by molar-refractivity contribution is 7.56. The molecule has 3 aromatic rings. The quantitative estimate of drug-likeness (QED) is 0.171. The number of benzene rings is 2. The highest BCUT2D eigenvalue weighted by atomic mass is 32.1. The molecule has 0 amide bonds. The van der Waals surface area contributed by atoms with Gasteiger partial charge in [-0.3, -0.25) is 9.36 Å². The van der Waals surface area contributed by atoms with Crippen LogP contribution in [0.1, 0.15) is 42.4 Å². The van der Waals surface area contributed by atoms with Gasteiger partial charge in [0.1, 0.15) is 23.3 Å². The largest absolute Gasteiger partial charge is 0.462 e. The summed E-state index contributed by atoms with van der Waals surface area (Å²) in [5, 5.41) is 3.72. The summed E-state index contributed by atoms with van der Waals surface area (Å²) in [6, 6.07) is 15.3. The zero-order valence-electron chi connectivity index (χ0n) is 20.1. The van der Waals surface area contributed by atoms with E-state index < -0.39 is 25.5 Å². The molecule has 1 unspecified atom stereocenters. The second-order valence-corrected chi connectivity index (χ2v) is 11.3. The van der Waals surface area contributed by atoms with E-state index in [1.165, 1.54) is 17.4 Å². The van der Waals surface area contributed by atoms with E-state index in [0.717, 1.165) is 15.6 Å². The van der Waals surface area contributed by atoms with Gasteiger partial charge in [0.05, 0.1) is 12.3 Å². The van der Waals surface area contributed by atoms with Crippen molar-refractivity contribution in [3.63, 3.8) is 0 Å². The Hall–Kier alpha value is -2.93. The Balaban J connectivity index is 1.84. The predicted molar refractivity (Wildman–Crippen MR) is 139 cm³/mol. The first kappa shape index (κ1) is 26.7. The standard InChI is InChI=1S/C26H30NO6PS/c1-5-14-31-26(29)24-16-21-15-20(12-13-23(21)35-24)17-34(30,33-22-10-8-7-9-11-22)27-19(4)25(28)32-18(3)6-2/h5,7-13,15-16,18-19H,1,6,14,17H2,2-4H3,(H,27,30)/t18-,19+,34?/m1/s1. The zero-order valence-corrected chi connectivity index (χ0v) is 21.8. The van der Waals surface area contributed by atoms with Gasteiger partial charge in [0, 0.05) is 4.70 Å². The summed E-state index contributed by atoms with van der Waals surface area (Å²) in [7, 11) is -3.58. The summed E-state index contributed by atoms with van der Waals surface area (Å²) < 4.78 is 31.3. The van der Waals surface area contributed by atoms with Gasteiger partial charge in [-0.15, -0.1) is 11.3 Å². The first-order chi connectivity index (χ1) is 16.7. The Labute approximate surface area is 209 Å². The molecule has 1 N–H and O–H groups in total. The van der Waals surface area contributed by atoms with Gasteiger partial charge >= 0.3 is 19.5 Å². The van der Waals surface area contributed by atoms with Gasteiger partial charge in [0.25, 0.3) is 0 Å². The number of carbonyl (C=O) groups is 2. The fraction of sp³-hybridized carbons (Fsp3) is 0.308. The Morgan fingerprint density at radius 2 is 1.89 bits per heavy atom.